The van der Waals surface area contributed by atoms with Crippen molar-refractivity contribution < 1.29 is 8.42 Å². The summed E-state index contributed by atoms with van der Waals surface area (Å²) in [7, 11) is -3.10. The van der Waals surface area contributed by atoms with Gasteiger partial charge in [-0.2, -0.15) is 0 Å². The Bertz CT molecular complexity index is 663. The summed E-state index contributed by atoms with van der Waals surface area (Å²) in [5, 5.41) is 0.00796. The van der Waals surface area contributed by atoms with Crippen LogP contribution in [0.3, 0.4) is 0 Å². The van der Waals surface area contributed by atoms with Crippen molar-refractivity contribution in [1.82, 2.24) is 0 Å². The molecule has 1 unspecified atom stereocenters. The number of rotatable bonds is 2. The van der Waals surface area contributed by atoms with Crippen LogP contribution < -0.4 is 0 Å². The molecule has 0 amide bonds. The normalized spacial score (nSPS) is 20.6. The molecule has 0 aromatic heterocycles. The molecule has 0 saturated carbocycles. The van der Waals surface area contributed by atoms with E-state index >= 15 is 0 Å². The zero-order chi connectivity index (χ0) is 12.6. The number of sulfone groups is 1. The monoisotopic (exact) mass is 276 g/mol. The van der Waals surface area contributed by atoms with Gasteiger partial charge in [-0.15, -0.1) is 11.8 Å². The van der Waals surface area contributed by atoms with Gasteiger partial charge < -0.3 is 0 Å². The molecule has 0 spiro atoms. The minimum Gasteiger partial charge on any atom is -0.224 e. The average Bonchev–Trinajstić information content (AvgIpc) is 2.63. The maximum absolute atomic E-state index is 12.0. The van der Waals surface area contributed by atoms with Crippen molar-refractivity contribution in [3.8, 4) is 0 Å². The first-order valence-corrected chi connectivity index (χ1v) is 8.23. The molecule has 92 valence electrons. The minimum atomic E-state index is -3.10. The standard InChI is InChI=1S/C14H12O2S2/c15-18(16)10-13(12-8-4-5-9-14(12)18)17-11-6-2-1-3-7-11/h1-9,13H,10H2. The second-order valence-corrected chi connectivity index (χ2v) is 7.52. The van der Waals surface area contributed by atoms with Gasteiger partial charge in [0, 0.05) is 4.90 Å². The van der Waals surface area contributed by atoms with Gasteiger partial charge >= 0.3 is 0 Å². The summed E-state index contributed by atoms with van der Waals surface area (Å²) in [6, 6.07) is 17.2. The Morgan fingerprint density at radius 1 is 0.944 bits per heavy atom. The molecule has 3 rings (SSSR count). The quantitative estimate of drug-likeness (QED) is 0.844. The Labute approximate surface area is 111 Å². The van der Waals surface area contributed by atoms with E-state index < -0.39 is 9.84 Å². The van der Waals surface area contributed by atoms with Crippen LogP contribution in [-0.2, 0) is 9.84 Å². The van der Waals surface area contributed by atoms with Crippen LogP contribution in [0.25, 0.3) is 0 Å². The molecule has 0 bridgehead atoms. The van der Waals surface area contributed by atoms with Crippen LogP contribution in [0.15, 0.2) is 64.4 Å². The first-order valence-electron chi connectivity index (χ1n) is 5.70. The molecule has 0 N–H and O–H groups in total. The molecule has 1 atom stereocenters. The van der Waals surface area contributed by atoms with Crippen molar-refractivity contribution in [2.24, 2.45) is 0 Å². The molecular formula is C14H12O2S2. The zero-order valence-electron chi connectivity index (χ0n) is 9.61. The second-order valence-electron chi connectivity index (χ2n) is 4.24. The average molecular weight is 276 g/mol. The van der Waals surface area contributed by atoms with Gasteiger partial charge in [0.15, 0.2) is 9.84 Å². The van der Waals surface area contributed by atoms with Crippen LogP contribution in [0.5, 0.6) is 0 Å². The first kappa shape index (κ1) is 11.8. The molecule has 2 nitrogen and oxygen atoms in total. The Kier molecular flexibility index (Phi) is 2.92. The molecule has 18 heavy (non-hydrogen) atoms. The maximum Gasteiger partial charge on any atom is 0.180 e. The summed E-state index contributed by atoms with van der Waals surface area (Å²) >= 11 is 1.62. The van der Waals surface area contributed by atoms with E-state index in [1.165, 1.54) is 0 Å². The van der Waals surface area contributed by atoms with Crippen molar-refractivity contribution in [1.29, 1.82) is 0 Å². The molecule has 0 fully saturated rings. The van der Waals surface area contributed by atoms with E-state index in [4.69, 9.17) is 0 Å². The SMILES string of the molecule is O=S1(=O)CC(Sc2ccccc2)c2ccccc21. The Balaban J connectivity index is 1.97. The van der Waals surface area contributed by atoms with Crippen molar-refractivity contribution in [3.63, 3.8) is 0 Å². The van der Waals surface area contributed by atoms with Crippen LogP contribution in [0, 0.1) is 0 Å². The number of thioether (sulfide) groups is 1. The third-order valence-electron chi connectivity index (χ3n) is 2.99. The minimum absolute atomic E-state index is 0.00796. The van der Waals surface area contributed by atoms with Gasteiger partial charge in [0.05, 0.1) is 15.9 Å². The lowest BCUT2D eigenvalue weighted by Gasteiger charge is -2.09. The summed E-state index contributed by atoms with van der Waals surface area (Å²) in [6.45, 7) is 0. The summed E-state index contributed by atoms with van der Waals surface area (Å²) in [5.41, 5.74) is 0.936. The largest absolute Gasteiger partial charge is 0.224 e. The number of hydrogen-bond acceptors (Lipinski definition) is 3. The summed E-state index contributed by atoms with van der Waals surface area (Å²) in [6.07, 6.45) is 0. The summed E-state index contributed by atoms with van der Waals surface area (Å²) in [4.78, 5) is 1.60. The van der Waals surface area contributed by atoms with Crippen molar-refractivity contribution in [2.45, 2.75) is 15.0 Å². The number of fused-ring (bicyclic) bond motifs is 1. The summed E-state index contributed by atoms with van der Waals surface area (Å²) < 4.78 is 24.1. The molecule has 0 radical (unpaired) electrons. The van der Waals surface area contributed by atoms with Gasteiger partial charge in [-0.1, -0.05) is 36.4 Å². The van der Waals surface area contributed by atoms with E-state index in [0.717, 1.165) is 10.5 Å². The van der Waals surface area contributed by atoms with E-state index in [2.05, 4.69) is 0 Å². The van der Waals surface area contributed by atoms with Crippen molar-refractivity contribution >= 4 is 21.6 Å². The molecule has 0 aliphatic carbocycles. The van der Waals surface area contributed by atoms with Crippen LogP contribution >= 0.6 is 11.8 Å². The van der Waals surface area contributed by atoms with E-state index in [1.807, 2.05) is 42.5 Å². The molecule has 2 aromatic carbocycles. The molecule has 1 aliphatic rings. The molecule has 2 aromatic rings. The first-order chi connectivity index (χ1) is 8.67. The van der Waals surface area contributed by atoms with Gasteiger partial charge in [0.25, 0.3) is 0 Å². The highest BCUT2D eigenvalue weighted by Crippen LogP contribution is 2.44. The highest BCUT2D eigenvalue weighted by Gasteiger charge is 2.34. The highest BCUT2D eigenvalue weighted by molar-refractivity contribution is 8.01. The molecule has 0 saturated heterocycles. The zero-order valence-corrected chi connectivity index (χ0v) is 11.2. The Morgan fingerprint density at radius 2 is 1.61 bits per heavy atom. The topological polar surface area (TPSA) is 34.1 Å². The van der Waals surface area contributed by atoms with Crippen LogP contribution in [-0.4, -0.2) is 14.2 Å². The van der Waals surface area contributed by atoms with E-state index in [0.29, 0.717) is 4.90 Å². The van der Waals surface area contributed by atoms with Gasteiger partial charge in [-0.3, -0.25) is 0 Å². The smallest absolute Gasteiger partial charge is 0.180 e. The number of benzene rings is 2. The molecular weight excluding hydrogens is 264 g/mol. The fourth-order valence-electron chi connectivity index (χ4n) is 2.17. The van der Waals surface area contributed by atoms with Crippen LogP contribution in [0.4, 0.5) is 0 Å². The van der Waals surface area contributed by atoms with E-state index in [-0.39, 0.29) is 11.0 Å². The second kappa shape index (κ2) is 4.44. The fourth-order valence-corrected chi connectivity index (χ4v) is 5.64. The summed E-state index contributed by atoms with van der Waals surface area (Å²) in [5.74, 6) is 0.200. The third-order valence-corrected chi connectivity index (χ3v) is 6.27. The lowest BCUT2D eigenvalue weighted by atomic mass is 10.2. The molecule has 1 heterocycles. The predicted molar refractivity (Wildman–Crippen MR) is 73.5 cm³/mol. The fraction of sp³-hybridized carbons (Fsp3) is 0.143. The Morgan fingerprint density at radius 3 is 2.39 bits per heavy atom. The van der Waals surface area contributed by atoms with Crippen molar-refractivity contribution in [3.05, 3.63) is 60.2 Å². The Hall–Kier alpha value is -1.26. The van der Waals surface area contributed by atoms with Gasteiger partial charge in [0.1, 0.15) is 0 Å². The molecule has 4 heteroatoms. The lowest BCUT2D eigenvalue weighted by Crippen LogP contribution is -2.00. The van der Waals surface area contributed by atoms with E-state index in [1.54, 1.807) is 23.9 Å². The van der Waals surface area contributed by atoms with Gasteiger partial charge in [0.2, 0.25) is 0 Å². The van der Waals surface area contributed by atoms with Crippen LogP contribution in [0.1, 0.15) is 10.8 Å². The molecule has 1 aliphatic heterocycles. The number of hydrogen-bond donors (Lipinski definition) is 0. The highest BCUT2D eigenvalue weighted by atomic mass is 32.2. The predicted octanol–water partition coefficient (Wildman–Crippen LogP) is 3.31. The van der Waals surface area contributed by atoms with Crippen molar-refractivity contribution in [2.75, 3.05) is 5.75 Å². The lowest BCUT2D eigenvalue weighted by molar-refractivity contribution is 0.600. The third kappa shape index (κ3) is 2.06. The van der Waals surface area contributed by atoms with Crippen LogP contribution in [0.2, 0.25) is 0 Å². The van der Waals surface area contributed by atoms with E-state index in [9.17, 15) is 8.42 Å². The van der Waals surface area contributed by atoms with Gasteiger partial charge in [-0.25, -0.2) is 8.42 Å². The maximum atomic E-state index is 12.0. The van der Waals surface area contributed by atoms with Gasteiger partial charge in [-0.05, 0) is 23.8 Å².